The minimum absolute atomic E-state index is 1.33. The molecule has 12 heavy (non-hydrogen) atoms. The first-order valence-electron chi connectivity index (χ1n) is 4.00. The predicted octanol–water partition coefficient (Wildman–Crippen LogP) is 3.85. The van der Waals surface area contributed by atoms with E-state index in [0.717, 1.165) is 0 Å². The van der Waals surface area contributed by atoms with Gasteiger partial charge in [0.1, 0.15) is 0 Å². The van der Waals surface area contributed by atoms with Gasteiger partial charge in [0.2, 0.25) is 0 Å². The Morgan fingerprint density at radius 1 is 1.17 bits per heavy atom. The van der Waals surface area contributed by atoms with Gasteiger partial charge in [0.25, 0.3) is 0 Å². The number of hydrogen-bond acceptors (Lipinski definition) is 1. The molecule has 1 aromatic rings. The lowest BCUT2D eigenvalue weighted by Crippen LogP contribution is -1.85. The molecule has 1 aromatic carbocycles. The molecule has 0 unspecified atom stereocenters. The highest BCUT2D eigenvalue weighted by Crippen LogP contribution is 2.27. The van der Waals surface area contributed by atoms with Gasteiger partial charge in [-0.25, -0.2) is 0 Å². The zero-order chi connectivity index (χ0) is 9.14. The van der Waals surface area contributed by atoms with Crippen LogP contribution in [0.25, 0.3) is 0 Å². The Labute approximate surface area is 78.7 Å². The quantitative estimate of drug-likeness (QED) is 0.620. The van der Waals surface area contributed by atoms with Crippen molar-refractivity contribution in [1.29, 1.82) is 0 Å². The van der Waals surface area contributed by atoms with Crippen LogP contribution < -0.4 is 0 Å². The molecule has 0 atom stereocenters. The molecule has 1 heteroatoms. The fourth-order valence-electron chi connectivity index (χ4n) is 1.44. The summed E-state index contributed by atoms with van der Waals surface area (Å²) in [6.45, 7) is 10.1. The molecule has 1 rings (SSSR count). The summed E-state index contributed by atoms with van der Waals surface area (Å²) in [5.41, 5.74) is 4.02. The van der Waals surface area contributed by atoms with Crippen LogP contribution in [0.4, 0.5) is 0 Å². The summed E-state index contributed by atoms with van der Waals surface area (Å²) in [6, 6.07) is 4.41. The largest absolute Gasteiger partial charge is 0.0981 e. The zero-order valence-electron chi connectivity index (χ0n) is 7.85. The van der Waals surface area contributed by atoms with Gasteiger partial charge in [-0.1, -0.05) is 36.0 Å². The van der Waals surface area contributed by atoms with Gasteiger partial charge in [-0.3, -0.25) is 0 Å². The standard InChI is InChI=1S/C11H14S/c1-5-12-11-9(3)6-8(2)7-10(11)4/h5-7H,1H2,2-4H3. The molecule has 0 spiro atoms. The highest BCUT2D eigenvalue weighted by atomic mass is 32.2. The summed E-state index contributed by atoms with van der Waals surface area (Å²) in [6.07, 6.45) is 0. The number of aryl methyl sites for hydroxylation is 3. The Bertz CT molecular complexity index is 277. The van der Waals surface area contributed by atoms with Crippen molar-refractivity contribution in [3.05, 3.63) is 40.8 Å². The van der Waals surface area contributed by atoms with Crippen molar-refractivity contribution in [3.8, 4) is 0 Å². The second-order valence-corrected chi connectivity index (χ2v) is 3.99. The fourth-order valence-corrected chi connectivity index (χ4v) is 2.09. The Kier molecular flexibility index (Phi) is 2.99. The van der Waals surface area contributed by atoms with Crippen LogP contribution in [0, 0.1) is 20.8 Å². The molecular formula is C11H14S. The molecule has 0 saturated heterocycles. The summed E-state index contributed by atoms with van der Waals surface area (Å²) in [5, 5.41) is 1.88. The van der Waals surface area contributed by atoms with Crippen molar-refractivity contribution >= 4 is 11.8 Å². The topological polar surface area (TPSA) is 0 Å². The molecule has 0 fully saturated rings. The molecule has 0 radical (unpaired) electrons. The van der Waals surface area contributed by atoms with E-state index in [1.54, 1.807) is 11.8 Å². The van der Waals surface area contributed by atoms with Gasteiger partial charge in [0.15, 0.2) is 0 Å². The van der Waals surface area contributed by atoms with E-state index in [1.165, 1.54) is 21.6 Å². The summed E-state index contributed by atoms with van der Waals surface area (Å²) in [4.78, 5) is 1.34. The van der Waals surface area contributed by atoms with Crippen LogP contribution >= 0.6 is 11.8 Å². The van der Waals surface area contributed by atoms with Crippen molar-refractivity contribution in [3.63, 3.8) is 0 Å². The molecule has 0 heterocycles. The maximum absolute atomic E-state index is 3.72. The second-order valence-electron chi connectivity index (χ2n) is 3.01. The van der Waals surface area contributed by atoms with E-state index < -0.39 is 0 Å². The lowest BCUT2D eigenvalue weighted by atomic mass is 10.1. The van der Waals surface area contributed by atoms with Gasteiger partial charge >= 0.3 is 0 Å². The van der Waals surface area contributed by atoms with Crippen LogP contribution in [-0.4, -0.2) is 0 Å². The van der Waals surface area contributed by atoms with Crippen LogP contribution in [0.15, 0.2) is 29.0 Å². The summed E-state index contributed by atoms with van der Waals surface area (Å²) >= 11 is 1.70. The van der Waals surface area contributed by atoms with E-state index in [1.807, 2.05) is 5.41 Å². The molecular weight excluding hydrogens is 164 g/mol. The first-order valence-corrected chi connectivity index (χ1v) is 4.88. The molecule has 0 N–H and O–H groups in total. The van der Waals surface area contributed by atoms with Gasteiger partial charge in [-0.2, -0.15) is 0 Å². The zero-order valence-corrected chi connectivity index (χ0v) is 8.66. The third kappa shape index (κ3) is 1.92. The smallest absolute Gasteiger partial charge is 0.0174 e. The highest BCUT2D eigenvalue weighted by molar-refractivity contribution is 8.02. The lowest BCUT2D eigenvalue weighted by Gasteiger charge is -2.07. The number of hydrogen-bond donors (Lipinski definition) is 0. The van der Waals surface area contributed by atoms with Gasteiger partial charge in [-0.15, -0.1) is 0 Å². The third-order valence-corrected chi connectivity index (χ3v) is 2.85. The maximum Gasteiger partial charge on any atom is 0.0174 e. The molecule has 64 valence electrons. The lowest BCUT2D eigenvalue weighted by molar-refractivity contribution is 1.19. The van der Waals surface area contributed by atoms with E-state index in [4.69, 9.17) is 0 Å². The van der Waals surface area contributed by atoms with E-state index in [0.29, 0.717) is 0 Å². The minimum atomic E-state index is 1.33. The molecule has 0 aromatic heterocycles. The van der Waals surface area contributed by atoms with E-state index in [-0.39, 0.29) is 0 Å². The number of benzene rings is 1. The van der Waals surface area contributed by atoms with Gasteiger partial charge in [0.05, 0.1) is 0 Å². The van der Waals surface area contributed by atoms with Crippen LogP contribution in [0.3, 0.4) is 0 Å². The summed E-state index contributed by atoms with van der Waals surface area (Å²) < 4.78 is 0. The average Bonchev–Trinajstić information content (AvgIpc) is 1.96. The molecule has 0 saturated carbocycles. The van der Waals surface area contributed by atoms with Crippen molar-refractivity contribution in [2.24, 2.45) is 0 Å². The first kappa shape index (κ1) is 9.40. The van der Waals surface area contributed by atoms with E-state index in [2.05, 4.69) is 39.5 Å². The minimum Gasteiger partial charge on any atom is -0.0981 e. The summed E-state index contributed by atoms with van der Waals surface area (Å²) in [5.74, 6) is 0. The van der Waals surface area contributed by atoms with Gasteiger partial charge in [-0.05, 0) is 37.3 Å². The maximum atomic E-state index is 3.72. The van der Waals surface area contributed by atoms with Gasteiger partial charge in [0, 0.05) is 4.90 Å². The van der Waals surface area contributed by atoms with Crippen LogP contribution in [0.2, 0.25) is 0 Å². The Morgan fingerprint density at radius 3 is 2.08 bits per heavy atom. The molecule has 0 aliphatic heterocycles. The van der Waals surface area contributed by atoms with E-state index in [9.17, 15) is 0 Å². The third-order valence-electron chi connectivity index (χ3n) is 1.81. The van der Waals surface area contributed by atoms with Crippen molar-refractivity contribution in [2.75, 3.05) is 0 Å². The monoisotopic (exact) mass is 178 g/mol. The van der Waals surface area contributed by atoms with E-state index >= 15 is 0 Å². The average molecular weight is 178 g/mol. The Hall–Kier alpha value is -0.690. The summed E-state index contributed by atoms with van der Waals surface area (Å²) in [7, 11) is 0. The normalized spacial score (nSPS) is 9.92. The van der Waals surface area contributed by atoms with Crippen molar-refractivity contribution in [1.82, 2.24) is 0 Å². The van der Waals surface area contributed by atoms with Crippen molar-refractivity contribution < 1.29 is 0 Å². The Balaban J connectivity index is 3.18. The molecule has 0 bridgehead atoms. The second kappa shape index (κ2) is 3.81. The molecule has 0 aliphatic carbocycles. The fraction of sp³-hybridized carbons (Fsp3) is 0.273. The number of thioether (sulfide) groups is 1. The van der Waals surface area contributed by atoms with Crippen molar-refractivity contribution in [2.45, 2.75) is 25.7 Å². The Morgan fingerprint density at radius 2 is 1.67 bits per heavy atom. The van der Waals surface area contributed by atoms with Crippen LogP contribution in [-0.2, 0) is 0 Å². The van der Waals surface area contributed by atoms with Crippen LogP contribution in [0.5, 0.6) is 0 Å². The first-order chi connectivity index (χ1) is 5.65. The molecule has 0 aliphatic rings. The SMILES string of the molecule is C=CSc1c(C)cc(C)cc1C. The predicted molar refractivity (Wildman–Crippen MR) is 56.7 cm³/mol. The molecule has 0 nitrogen and oxygen atoms in total. The number of rotatable bonds is 2. The highest BCUT2D eigenvalue weighted by Gasteiger charge is 2.01. The van der Waals surface area contributed by atoms with Gasteiger partial charge < -0.3 is 0 Å². The van der Waals surface area contributed by atoms with Crippen LogP contribution in [0.1, 0.15) is 16.7 Å². The molecule has 0 amide bonds.